The van der Waals surface area contributed by atoms with Gasteiger partial charge in [0.05, 0.1) is 6.10 Å². The quantitative estimate of drug-likeness (QED) is 0.367. The maximum absolute atomic E-state index is 15.4. The zero-order valence-electron chi connectivity index (χ0n) is 16.3. The van der Waals surface area contributed by atoms with Crippen molar-refractivity contribution in [3.8, 4) is 0 Å². The molecule has 4 heteroatoms. The van der Waals surface area contributed by atoms with Crippen LogP contribution in [0.2, 0.25) is 0 Å². The zero-order chi connectivity index (χ0) is 19.5. The minimum absolute atomic E-state index is 0.346. The third-order valence-corrected chi connectivity index (χ3v) is 8.22. The lowest BCUT2D eigenvalue weighted by Gasteiger charge is -2.26. The lowest BCUT2D eigenvalue weighted by atomic mass is 10.1. The first-order valence-corrected chi connectivity index (χ1v) is 11.9. The van der Waals surface area contributed by atoms with E-state index in [9.17, 15) is 9.67 Å². The summed E-state index contributed by atoms with van der Waals surface area (Å²) in [6.07, 6.45) is 6.88. The number of aliphatic hydroxyl groups excluding tert-OH is 1. The average Bonchev–Trinajstić information content (AvgIpc) is 2.73. The molecular formula is C23H32FO2P. The second kappa shape index (κ2) is 11.4. The first-order valence-electron chi connectivity index (χ1n) is 10.1. The predicted molar refractivity (Wildman–Crippen MR) is 113 cm³/mol. The van der Waals surface area contributed by atoms with Gasteiger partial charge in [0.15, 0.2) is 13.1 Å². The minimum atomic E-state index is -3.56. The Labute approximate surface area is 163 Å². The van der Waals surface area contributed by atoms with Gasteiger partial charge in [-0.25, -0.2) is 4.39 Å². The zero-order valence-corrected chi connectivity index (χ0v) is 17.2. The molecule has 2 aromatic rings. The van der Waals surface area contributed by atoms with Crippen LogP contribution in [0.25, 0.3) is 0 Å². The molecule has 0 heterocycles. The molecule has 0 fully saturated rings. The molecule has 0 unspecified atom stereocenters. The molecule has 2 atom stereocenters. The smallest absolute Gasteiger partial charge is 0.186 e. The maximum atomic E-state index is 15.4. The summed E-state index contributed by atoms with van der Waals surface area (Å²) in [6.45, 7) is 2.19. The molecule has 0 saturated carbocycles. The summed E-state index contributed by atoms with van der Waals surface area (Å²) in [5.74, 6) is -1.79. The standard InChI is InChI=1S/C23H32FO2P/c1-2-3-4-5-6-7-14-19-22(25)23(24)27(26,20-15-10-8-11-16-20)21-17-12-9-13-18-21/h8-13,15-18,22-23,25H,2-7,14,19H2,1H3/t22-,23-/m1/s1. The fraction of sp³-hybridized carbons (Fsp3) is 0.478. The van der Waals surface area contributed by atoms with E-state index in [-0.39, 0.29) is 0 Å². The molecule has 27 heavy (non-hydrogen) atoms. The first kappa shape index (κ1) is 21.9. The molecule has 0 aliphatic carbocycles. The minimum Gasteiger partial charge on any atom is -0.390 e. The molecule has 0 bridgehead atoms. The van der Waals surface area contributed by atoms with E-state index in [4.69, 9.17) is 0 Å². The Hall–Kier alpha value is -1.44. The highest BCUT2D eigenvalue weighted by molar-refractivity contribution is 7.79. The van der Waals surface area contributed by atoms with Gasteiger partial charge in [-0.1, -0.05) is 113 Å². The normalized spacial score (nSPS) is 14.0. The van der Waals surface area contributed by atoms with E-state index in [2.05, 4.69) is 6.92 Å². The fourth-order valence-electron chi connectivity index (χ4n) is 3.42. The van der Waals surface area contributed by atoms with E-state index in [0.717, 1.165) is 19.3 Å². The molecular weight excluding hydrogens is 358 g/mol. The van der Waals surface area contributed by atoms with Crippen LogP contribution in [0.4, 0.5) is 4.39 Å². The van der Waals surface area contributed by atoms with Crippen LogP contribution in [0.3, 0.4) is 0 Å². The Kier molecular flexibility index (Phi) is 9.24. The fourth-order valence-corrected chi connectivity index (χ4v) is 6.15. The molecule has 0 saturated heterocycles. The van der Waals surface area contributed by atoms with Gasteiger partial charge in [0.2, 0.25) is 0 Å². The van der Waals surface area contributed by atoms with Crippen LogP contribution in [-0.4, -0.2) is 17.1 Å². The number of unbranched alkanes of at least 4 members (excludes halogenated alkanes) is 6. The number of aliphatic hydroxyl groups is 1. The summed E-state index contributed by atoms with van der Waals surface area (Å²) in [7, 11) is -3.56. The maximum Gasteiger partial charge on any atom is 0.186 e. The third-order valence-electron chi connectivity index (χ3n) is 5.05. The van der Waals surface area contributed by atoms with Crippen LogP contribution in [0, 0.1) is 0 Å². The van der Waals surface area contributed by atoms with E-state index in [1.54, 1.807) is 48.5 Å². The van der Waals surface area contributed by atoms with Crippen molar-refractivity contribution in [3.05, 3.63) is 60.7 Å². The van der Waals surface area contributed by atoms with Crippen LogP contribution in [0.15, 0.2) is 60.7 Å². The molecule has 0 aromatic heterocycles. The van der Waals surface area contributed by atoms with Crippen LogP contribution < -0.4 is 10.6 Å². The highest BCUT2D eigenvalue weighted by Crippen LogP contribution is 2.51. The second-order valence-electron chi connectivity index (χ2n) is 7.18. The Morgan fingerprint density at radius 1 is 0.815 bits per heavy atom. The summed E-state index contributed by atoms with van der Waals surface area (Å²) < 4.78 is 29.2. The van der Waals surface area contributed by atoms with E-state index >= 15 is 4.39 Å². The Morgan fingerprint density at radius 3 is 1.74 bits per heavy atom. The summed E-state index contributed by atoms with van der Waals surface area (Å²) in [6, 6.07) is 17.5. The Morgan fingerprint density at radius 2 is 1.26 bits per heavy atom. The van der Waals surface area contributed by atoms with Crippen molar-refractivity contribution < 1.29 is 14.1 Å². The monoisotopic (exact) mass is 390 g/mol. The van der Waals surface area contributed by atoms with Crippen molar-refractivity contribution in [2.75, 3.05) is 0 Å². The predicted octanol–water partition coefficient (Wildman–Crippen LogP) is 5.80. The Bertz CT molecular complexity index is 647. The molecule has 2 rings (SSSR count). The number of alkyl halides is 1. The lowest BCUT2D eigenvalue weighted by molar-refractivity contribution is 0.107. The van der Waals surface area contributed by atoms with E-state index in [1.165, 1.54) is 25.7 Å². The number of rotatable bonds is 12. The number of hydrogen-bond acceptors (Lipinski definition) is 2. The SMILES string of the molecule is CCCCCCCCC[C@@H](O)[C@H](F)P(=O)(c1ccccc1)c1ccccc1. The lowest BCUT2D eigenvalue weighted by Crippen LogP contribution is -2.31. The van der Waals surface area contributed by atoms with Gasteiger partial charge >= 0.3 is 0 Å². The van der Waals surface area contributed by atoms with Crippen molar-refractivity contribution in [2.45, 2.75) is 70.3 Å². The largest absolute Gasteiger partial charge is 0.390 e. The van der Waals surface area contributed by atoms with Gasteiger partial charge < -0.3 is 9.67 Å². The first-order chi connectivity index (χ1) is 13.1. The van der Waals surface area contributed by atoms with Gasteiger partial charge in [-0.2, -0.15) is 0 Å². The molecule has 0 spiro atoms. The van der Waals surface area contributed by atoms with Crippen molar-refractivity contribution >= 4 is 17.8 Å². The summed E-state index contributed by atoms with van der Waals surface area (Å²) >= 11 is 0. The molecule has 0 radical (unpaired) electrons. The van der Waals surface area contributed by atoms with Gasteiger partial charge in [-0.15, -0.1) is 0 Å². The molecule has 0 amide bonds. The topological polar surface area (TPSA) is 37.3 Å². The molecule has 148 valence electrons. The number of halogens is 1. The van der Waals surface area contributed by atoms with E-state index in [1.807, 2.05) is 12.1 Å². The second-order valence-corrected chi connectivity index (χ2v) is 10.0. The van der Waals surface area contributed by atoms with E-state index in [0.29, 0.717) is 17.0 Å². The molecule has 0 aliphatic heterocycles. The van der Waals surface area contributed by atoms with Crippen molar-refractivity contribution in [1.29, 1.82) is 0 Å². The summed E-state index contributed by atoms with van der Waals surface area (Å²) in [5.41, 5.74) is 0. The van der Waals surface area contributed by atoms with Gasteiger partial charge in [-0.3, -0.25) is 0 Å². The third kappa shape index (κ3) is 6.02. The molecule has 0 aliphatic rings. The van der Waals surface area contributed by atoms with Crippen molar-refractivity contribution in [3.63, 3.8) is 0 Å². The van der Waals surface area contributed by atoms with Crippen LogP contribution in [-0.2, 0) is 4.57 Å². The molecule has 2 aromatic carbocycles. The van der Waals surface area contributed by atoms with Crippen molar-refractivity contribution in [2.24, 2.45) is 0 Å². The summed E-state index contributed by atoms with van der Waals surface area (Å²) in [4.78, 5) is 0. The Balaban J connectivity index is 2.04. The number of hydrogen-bond donors (Lipinski definition) is 1. The summed E-state index contributed by atoms with van der Waals surface area (Å²) in [5, 5.41) is 11.4. The number of benzene rings is 2. The van der Waals surface area contributed by atoms with Gasteiger partial charge in [-0.05, 0) is 6.42 Å². The highest BCUT2D eigenvalue weighted by Gasteiger charge is 2.41. The van der Waals surface area contributed by atoms with Gasteiger partial charge in [0.1, 0.15) is 0 Å². The highest BCUT2D eigenvalue weighted by atomic mass is 31.2. The van der Waals surface area contributed by atoms with Crippen LogP contribution in [0.5, 0.6) is 0 Å². The van der Waals surface area contributed by atoms with Crippen LogP contribution in [0.1, 0.15) is 58.3 Å². The van der Waals surface area contributed by atoms with Gasteiger partial charge in [0.25, 0.3) is 0 Å². The van der Waals surface area contributed by atoms with Gasteiger partial charge in [0, 0.05) is 10.6 Å². The molecule has 1 N–H and O–H groups in total. The van der Waals surface area contributed by atoms with Crippen LogP contribution >= 0.6 is 7.14 Å². The van der Waals surface area contributed by atoms with E-state index < -0.39 is 19.2 Å². The molecule has 2 nitrogen and oxygen atoms in total. The average molecular weight is 390 g/mol. The van der Waals surface area contributed by atoms with Crippen molar-refractivity contribution in [1.82, 2.24) is 0 Å².